The molecule has 1 aromatic heterocycles. The SMILES string of the molecule is COCC(=O)Cn1cc(Br)cc(Br)c1=O. The van der Waals surface area contributed by atoms with Crippen LogP contribution in [0.25, 0.3) is 0 Å². The first-order valence-electron chi connectivity index (χ1n) is 4.10. The summed E-state index contributed by atoms with van der Waals surface area (Å²) < 4.78 is 7.17. The van der Waals surface area contributed by atoms with Crippen LogP contribution in [-0.2, 0) is 16.1 Å². The van der Waals surface area contributed by atoms with Gasteiger partial charge in [-0.1, -0.05) is 0 Å². The normalized spacial score (nSPS) is 10.3. The molecule has 0 saturated heterocycles. The quantitative estimate of drug-likeness (QED) is 0.837. The first kappa shape index (κ1) is 12.6. The monoisotopic (exact) mass is 337 g/mol. The predicted octanol–water partition coefficient (Wildman–Crippen LogP) is 1.59. The van der Waals surface area contributed by atoms with E-state index < -0.39 is 0 Å². The van der Waals surface area contributed by atoms with Crippen LogP contribution in [0.1, 0.15) is 0 Å². The molecular formula is C9H9Br2NO3. The van der Waals surface area contributed by atoms with Crippen molar-refractivity contribution in [1.82, 2.24) is 4.57 Å². The van der Waals surface area contributed by atoms with E-state index in [0.717, 1.165) is 4.47 Å². The van der Waals surface area contributed by atoms with Crippen molar-refractivity contribution < 1.29 is 9.53 Å². The van der Waals surface area contributed by atoms with Gasteiger partial charge < -0.3 is 9.30 Å². The smallest absolute Gasteiger partial charge is 0.265 e. The highest BCUT2D eigenvalue weighted by atomic mass is 79.9. The molecule has 15 heavy (non-hydrogen) atoms. The molecule has 0 bridgehead atoms. The summed E-state index contributed by atoms with van der Waals surface area (Å²) in [6.45, 7) is 0.0291. The number of Topliss-reactive ketones (excluding diaryl/α,β-unsaturated/α-hetero) is 1. The van der Waals surface area contributed by atoms with Crippen molar-refractivity contribution in [3.8, 4) is 0 Å². The summed E-state index contributed by atoms with van der Waals surface area (Å²) in [5.74, 6) is -0.149. The Labute approximate surface area is 103 Å². The van der Waals surface area contributed by atoms with Crippen LogP contribution in [0.2, 0.25) is 0 Å². The standard InChI is InChI=1S/C9H9Br2NO3/c1-15-5-7(13)4-12-3-6(10)2-8(11)9(12)14/h2-3H,4-5H2,1H3. The van der Waals surface area contributed by atoms with Crippen LogP contribution in [0.5, 0.6) is 0 Å². The third-order valence-electron chi connectivity index (χ3n) is 1.66. The Hall–Kier alpha value is -0.460. The molecule has 4 nitrogen and oxygen atoms in total. The van der Waals surface area contributed by atoms with E-state index >= 15 is 0 Å². The fourth-order valence-corrected chi connectivity index (χ4v) is 2.34. The minimum atomic E-state index is -0.234. The van der Waals surface area contributed by atoms with Crippen LogP contribution in [0.4, 0.5) is 0 Å². The van der Waals surface area contributed by atoms with E-state index in [1.807, 2.05) is 0 Å². The molecule has 0 radical (unpaired) electrons. The highest BCUT2D eigenvalue weighted by molar-refractivity contribution is 9.11. The molecule has 0 aliphatic rings. The summed E-state index contributed by atoms with van der Waals surface area (Å²) in [5, 5.41) is 0. The minimum absolute atomic E-state index is 0.0105. The van der Waals surface area contributed by atoms with Crippen LogP contribution in [0.15, 0.2) is 26.0 Å². The van der Waals surface area contributed by atoms with Crippen molar-refractivity contribution >= 4 is 37.6 Å². The summed E-state index contributed by atoms with van der Waals surface area (Å²) in [6.07, 6.45) is 1.57. The maximum Gasteiger partial charge on any atom is 0.265 e. The third kappa shape index (κ3) is 3.55. The average molecular weight is 339 g/mol. The summed E-state index contributed by atoms with van der Waals surface area (Å²) in [4.78, 5) is 22.8. The summed E-state index contributed by atoms with van der Waals surface area (Å²) in [7, 11) is 1.44. The van der Waals surface area contributed by atoms with Crippen molar-refractivity contribution in [2.24, 2.45) is 0 Å². The van der Waals surface area contributed by atoms with Crippen molar-refractivity contribution in [2.45, 2.75) is 6.54 Å². The number of ketones is 1. The van der Waals surface area contributed by atoms with E-state index in [1.54, 1.807) is 12.3 Å². The van der Waals surface area contributed by atoms with Crippen molar-refractivity contribution in [3.05, 3.63) is 31.6 Å². The maximum atomic E-state index is 11.6. The number of hydrogen-bond acceptors (Lipinski definition) is 3. The van der Waals surface area contributed by atoms with Gasteiger partial charge in [0.25, 0.3) is 5.56 Å². The molecule has 0 aliphatic heterocycles. The van der Waals surface area contributed by atoms with Gasteiger partial charge >= 0.3 is 0 Å². The number of rotatable bonds is 4. The van der Waals surface area contributed by atoms with Gasteiger partial charge in [-0.25, -0.2) is 0 Å². The molecule has 0 atom stereocenters. The molecule has 82 valence electrons. The highest BCUT2D eigenvalue weighted by Gasteiger charge is 2.07. The van der Waals surface area contributed by atoms with Crippen LogP contribution >= 0.6 is 31.9 Å². The number of pyridine rings is 1. The Balaban J connectivity index is 2.95. The zero-order valence-corrected chi connectivity index (χ0v) is 11.2. The van der Waals surface area contributed by atoms with E-state index in [2.05, 4.69) is 36.6 Å². The summed E-state index contributed by atoms with van der Waals surface area (Å²) in [5.41, 5.74) is -0.234. The Morgan fingerprint density at radius 3 is 2.80 bits per heavy atom. The van der Waals surface area contributed by atoms with Crippen molar-refractivity contribution in [1.29, 1.82) is 0 Å². The first-order chi connectivity index (χ1) is 7.04. The molecule has 0 N–H and O–H groups in total. The molecular weight excluding hydrogens is 330 g/mol. The Kier molecular flexibility index (Phi) is 4.69. The lowest BCUT2D eigenvalue weighted by atomic mass is 10.4. The van der Waals surface area contributed by atoms with Gasteiger partial charge in [-0.05, 0) is 37.9 Å². The summed E-state index contributed by atoms with van der Waals surface area (Å²) >= 11 is 6.36. The van der Waals surface area contributed by atoms with Crippen LogP contribution < -0.4 is 5.56 Å². The molecule has 0 amide bonds. The topological polar surface area (TPSA) is 48.3 Å². The largest absolute Gasteiger partial charge is 0.377 e. The minimum Gasteiger partial charge on any atom is -0.377 e. The molecule has 0 unspecified atom stereocenters. The van der Waals surface area contributed by atoms with E-state index in [0.29, 0.717) is 4.47 Å². The number of hydrogen-bond donors (Lipinski definition) is 0. The number of ether oxygens (including phenoxy) is 1. The van der Waals surface area contributed by atoms with E-state index in [9.17, 15) is 9.59 Å². The highest BCUT2D eigenvalue weighted by Crippen LogP contribution is 2.12. The second kappa shape index (κ2) is 5.58. The first-order valence-corrected chi connectivity index (χ1v) is 5.69. The molecule has 0 spiro atoms. The number of carbonyl (C=O) groups is 1. The van der Waals surface area contributed by atoms with Gasteiger partial charge in [0.2, 0.25) is 0 Å². The summed E-state index contributed by atoms with van der Waals surface area (Å²) in [6, 6.07) is 1.64. The van der Waals surface area contributed by atoms with E-state index in [-0.39, 0.29) is 24.5 Å². The Bertz CT molecular complexity index is 428. The lowest BCUT2D eigenvalue weighted by molar-refractivity contribution is -0.123. The lowest BCUT2D eigenvalue weighted by Gasteiger charge is -2.05. The molecule has 0 aromatic carbocycles. The Morgan fingerprint density at radius 1 is 1.53 bits per heavy atom. The maximum absolute atomic E-state index is 11.6. The number of halogens is 2. The zero-order chi connectivity index (χ0) is 11.4. The molecule has 1 heterocycles. The van der Waals surface area contributed by atoms with Gasteiger partial charge in [0, 0.05) is 17.8 Å². The van der Waals surface area contributed by atoms with E-state index in [4.69, 9.17) is 0 Å². The van der Waals surface area contributed by atoms with Gasteiger partial charge in [0.15, 0.2) is 5.78 Å². The number of carbonyl (C=O) groups excluding carboxylic acids is 1. The van der Waals surface area contributed by atoms with Gasteiger partial charge in [-0.3, -0.25) is 9.59 Å². The average Bonchev–Trinajstić information content (AvgIpc) is 2.13. The van der Waals surface area contributed by atoms with Gasteiger partial charge in [-0.15, -0.1) is 0 Å². The lowest BCUT2D eigenvalue weighted by Crippen LogP contribution is -2.26. The zero-order valence-electron chi connectivity index (χ0n) is 8.00. The van der Waals surface area contributed by atoms with Crippen molar-refractivity contribution in [3.63, 3.8) is 0 Å². The molecule has 1 rings (SSSR count). The molecule has 0 fully saturated rings. The van der Waals surface area contributed by atoms with Gasteiger partial charge in [0.05, 0.1) is 11.0 Å². The number of nitrogens with zero attached hydrogens (tertiary/aromatic N) is 1. The fraction of sp³-hybridized carbons (Fsp3) is 0.333. The molecule has 0 saturated carbocycles. The second-order valence-electron chi connectivity index (χ2n) is 2.91. The van der Waals surface area contributed by atoms with Gasteiger partial charge in [0.1, 0.15) is 6.61 Å². The van der Waals surface area contributed by atoms with E-state index in [1.165, 1.54) is 11.7 Å². The molecule has 0 aliphatic carbocycles. The molecule has 6 heteroatoms. The third-order valence-corrected chi connectivity index (χ3v) is 2.66. The fourth-order valence-electron chi connectivity index (χ4n) is 1.08. The van der Waals surface area contributed by atoms with Crippen LogP contribution in [-0.4, -0.2) is 24.1 Å². The second-order valence-corrected chi connectivity index (χ2v) is 4.68. The van der Waals surface area contributed by atoms with Gasteiger partial charge in [-0.2, -0.15) is 0 Å². The predicted molar refractivity (Wildman–Crippen MR) is 63.0 cm³/mol. The molecule has 1 aromatic rings. The number of methoxy groups -OCH3 is 1. The Morgan fingerprint density at radius 2 is 2.20 bits per heavy atom. The van der Waals surface area contributed by atoms with Crippen LogP contribution in [0.3, 0.4) is 0 Å². The van der Waals surface area contributed by atoms with Crippen LogP contribution in [0, 0.1) is 0 Å². The van der Waals surface area contributed by atoms with Crippen molar-refractivity contribution in [2.75, 3.05) is 13.7 Å². The number of aromatic nitrogens is 1.